The molecule has 0 aliphatic rings. The van der Waals surface area contributed by atoms with Crippen LogP contribution in [0.5, 0.6) is 0 Å². The summed E-state index contributed by atoms with van der Waals surface area (Å²) in [5.41, 5.74) is 0. The zero-order valence-electron chi connectivity index (χ0n) is 3.41. The molecule has 0 fully saturated rings. The van der Waals surface area contributed by atoms with Crippen molar-refractivity contribution in [1.29, 1.82) is 0 Å². The molecular weight excluding hydrogens is 161 g/mol. The first-order valence-electron chi connectivity index (χ1n) is 1.78. The van der Waals surface area contributed by atoms with E-state index in [0.29, 0.717) is 0 Å². The molecule has 0 saturated heterocycles. The molecule has 0 unspecified atom stereocenters. The Morgan fingerprint density at radius 1 is 1.71 bits per heavy atom. The summed E-state index contributed by atoms with van der Waals surface area (Å²) in [6.45, 7) is 0. The highest BCUT2D eigenvalue weighted by molar-refractivity contribution is 9.10. The summed E-state index contributed by atoms with van der Waals surface area (Å²) in [6, 6.07) is 1.36. The molecule has 7 heavy (non-hydrogen) atoms. The van der Waals surface area contributed by atoms with Crippen LogP contribution in [-0.4, -0.2) is 4.98 Å². The van der Waals surface area contributed by atoms with E-state index in [4.69, 9.17) is 0 Å². The molecule has 1 aromatic rings. The average Bonchev–Trinajstić information content (AvgIpc) is 1.87. The highest BCUT2D eigenvalue weighted by Crippen LogP contribution is 2.07. The molecule has 0 saturated carbocycles. The predicted molar refractivity (Wildman–Crippen MR) is 28.5 cm³/mol. The lowest BCUT2D eigenvalue weighted by Gasteiger charge is -1.65. The van der Waals surface area contributed by atoms with Crippen LogP contribution in [0.2, 0.25) is 0 Å². The van der Waals surface area contributed by atoms with Gasteiger partial charge < -0.3 is 4.98 Å². The Bertz CT molecular complexity index is 144. The van der Waals surface area contributed by atoms with Gasteiger partial charge in [-0.1, -0.05) is 0 Å². The Labute approximate surface area is 48.7 Å². The lowest BCUT2D eigenvalue weighted by atomic mass is 10.7. The fourth-order valence-corrected chi connectivity index (χ4v) is 0.658. The van der Waals surface area contributed by atoms with Crippen LogP contribution >= 0.6 is 15.9 Å². The minimum Gasteiger partial charge on any atom is -0.337 e. The van der Waals surface area contributed by atoms with Gasteiger partial charge in [-0.2, -0.15) is 4.39 Å². The first-order chi connectivity index (χ1) is 3.29. The molecule has 0 spiro atoms. The topological polar surface area (TPSA) is 15.8 Å². The molecule has 1 heterocycles. The zero-order chi connectivity index (χ0) is 5.28. The summed E-state index contributed by atoms with van der Waals surface area (Å²) in [5, 5.41) is 0. The Hall–Kier alpha value is -0.310. The van der Waals surface area contributed by atoms with Crippen molar-refractivity contribution in [2.45, 2.75) is 0 Å². The van der Waals surface area contributed by atoms with Crippen molar-refractivity contribution in [3.8, 4) is 0 Å². The van der Waals surface area contributed by atoms with Gasteiger partial charge in [0.1, 0.15) is 0 Å². The fourth-order valence-electron chi connectivity index (χ4n) is 0.342. The van der Waals surface area contributed by atoms with Crippen LogP contribution in [0.25, 0.3) is 0 Å². The van der Waals surface area contributed by atoms with Crippen molar-refractivity contribution in [1.82, 2.24) is 4.98 Å². The Morgan fingerprint density at radius 3 is 2.57 bits per heavy atom. The summed E-state index contributed by atoms with van der Waals surface area (Å²) in [4.78, 5) is 2.35. The molecule has 0 aliphatic carbocycles. The van der Waals surface area contributed by atoms with Crippen LogP contribution in [0, 0.1) is 5.95 Å². The van der Waals surface area contributed by atoms with Crippen molar-refractivity contribution in [3.63, 3.8) is 0 Å². The lowest BCUT2D eigenvalue weighted by Crippen LogP contribution is -1.61. The van der Waals surface area contributed by atoms with Gasteiger partial charge in [0.05, 0.1) is 0 Å². The summed E-state index contributed by atoms with van der Waals surface area (Å²) in [7, 11) is 0. The quantitative estimate of drug-likeness (QED) is 0.602. The van der Waals surface area contributed by atoms with Crippen LogP contribution in [0.4, 0.5) is 4.39 Å². The van der Waals surface area contributed by atoms with Gasteiger partial charge in [-0.05, 0) is 15.9 Å². The maximum Gasteiger partial charge on any atom is 0.192 e. The van der Waals surface area contributed by atoms with E-state index in [1.54, 1.807) is 0 Å². The van der Waals surface area contributed by atoms with E-state index in [2.05, 4.69) is 20.9 Å². The van der Waals surface area contributed by atoms with Crippen molar-refractivity contribution >= 4 is 15.9 Å². The monoisotopic (exact) mass is 163 g/mol. The lowest BCUT2D eigenvalue weighted by molar-refractivity contribution is 0.591. The van der Waals surface area contributed by atoms with Crippen LogP contribution in [0.1, 0.15) is 0 Å². The summed E-state index contributed by atoms with van der Waals surface area (Å²) >= 11 is 3.06. The van der Waals surface area contributed by atoms with Crippen LogP contribution in [0.15, 0.2) is 16.7 Å². The van der Waals surface area contributed by atoms with Gasteiger partial charge in [0.15, 0.2) is 5.95 Å². The predicted octanol–water partition coefficient (Wildman–Crippen LogP) is 1.92. The highest BCUT2D eigenvalue weighted by Gasteiger charge is 1.88. The van der Waals surface area contributed by atoms with E-state index in [1.807, 2.05) is 0 Å². The van der Waals surface area contributed by atoms with Gasteiger partial charge in [-0.3, -0.25) is 0 Å². The molecule has 0 aliphatic heterocycles. The van der Waals surface area contributed by atoms with Gasteiger partial charge in [0.2, 0.25) is 0 Å². The fraction of sp³-hybridized carbons (Fsp3) is 0. The zero-order valence-corrected chi connectivity index (χ0v) is 5.00. The third kappa shape index (κ3) is 1.03. The largest absolute Gasteiger partial charge is 0.337 e. The maximum atomic E-state index is 11.8. The summed E-state index contributed by atoms with van der Waals surface area (Å²) in [6.07, 6.45) is 1.54. The molecule has 1 rings (SSSR count). The minimum atomic E-state index is -0.313. The van der Waals surface area contributed by atoms with Gasteiger partial charge >= 0.3 is 0 Å². The molecular formula is C4H3BrFN. The van der Waals surface area contributed by atoms with Gasteiger partial charge in [-0.15, -0.1) is 0 Å². The minimum absolute atomic E-state index is 0.313. The number of halogens is 2. The standard InChI is InChI=1S/C4H3BrFN/c5-3-1-4(6)7-2-3/h1-2,7H. The molecule has 0 aromatic carbocycles. The second-order valence-electron chi connectivity index (χ2n) is 1.17. The normalized spacial score (nSPS) is 9.43. The van der Waals surface area contributed by atoms with Crippen LogP contribution in [-0.2, 0) is 0 Å². The van der Waals surface area contributed by atoms with E-state index >= 15 is 0 Å². The van der Waals surface area contributed by atoms with Gasteiger partial charge in [0.25, 0.3) is 0 Å². The summed E-state index contributed by atoms with van der Waals surface area (Å²) in [5.74, 6) is -0.313. The van der Waals surface area contributed by atoms with E-state index in [1.165, 1.54) is 12.3 Å². The highest BCUT2D eigenvalue weighted by atomic mass is 79.9. The van der Waals surface area contributed by atoms with Crippen molar-refractivity contribution in [3.05, 3.63) is 22.7 Å². The molecule has 0 radical (unpaired) electrons. The van der Waals surface area contributed by atoms with Crippen molar-refractivity contribution < 1.29 is 4.39 Å². The second-order valence-corrected chi connectivity index (χ2v) is 2.08. The van der Waals surface area contributed by atoms with Crippen molar-refractivity contribution in [2.24, 2.45) is 0 Å². The molecule has 1 aromatic heterocycles. The molecule has 38 valence electrons. The van der Waals surface area contributed by atoms with Crippen molar-refractivity contribution in [2.75, 3.05) is 0 Å². The number of aromatic amines is 1. The Balaban J connectivity index is 3.04. The number of hydrogen-bond acceptors (Lipinski definition) is 0. The Morgan fingerprint density at radius 2 is 2.43 bits per heavy atom. The smallest absolute Gasteiger partial charge is 0.192 e. The molecule has 0 amide bonds. The number of nitrogens with one attached hydrogen (secondary N) is 1. The molecule has 0 atom stereocenters. The van der Waals surface area contributed by atoms with Gasteiger partial charge in [0, 0.05) is 16.7 Å². The van der Waals surface area contributed by atoms with Gasteiger partial charge in [-0.25, -0.2) is 0 Å². The number of aromatic nitrogens is 1. The third-order valence-electron chi connectivity index (χ3n) is 0.613. The second kappa shape index (κ2) is 1.66. The van der Waals surface area contributed by atoms with E-state index in [-0.39, 0.29) is 5.95 Å². The molecule has 0 bridgehead atoms. The summed E-state index contributed by atoms with van der Waals surface area (Å²) < 4.78 is 12.6. The molecule has 1 nitrogen and oxygen atoms in total. The SMILES string of the molecule is Fc1cc(Br)c[nH]1. The number of rotatable bonds is 0. The third-order valence-corrected chi connectivity index (χ3v) is 1.07. The first-order valence-corrected chi connectivity index (χ1v) is 2.58. The van der Waals surface area contributed by atoms with E-state index in [9.17, 15) is 4.39 Å². The molecule has 1 N–H and O–H groups in total. The molecule has 3 heteroatoms. The van der Waals surface area contributed by atoms with Crippen LogP contribution in [0.3, 0.4) is 0 Å². The number of hydrogen-bond donors (Lipinski definition) is 1. The van der Waals surface area contributed by atoms with Crippen LogP contribution < -0.4 is 0 Å². The number of H-pyrrole nitrogens is 1. The Kier molecular flexibility index (Phi) is 1.15. The first kappa shape index (κ1) is 4.84. The van der Waals surface area contributed by atoms with E-state index in [0.717, 1.165) is 4.47 Å². The van der Waals surface area contributed by atoms with E-state index < -0.39 is 0 Å². The average molecular weight is 164 g/mol. The maximum absolute atomic E-state index is 11.8.